The number of hydrogen-bond donors (Lipinski definition) is 1. The summed E-state index contributed by atoms with van der Waals surface area (Å²) in [7, 11) is 0. The molecular formula is C13H21N7. The second kappa shape index (κ2) is 5.70. The molecule has 0 aromatic carbocycles. The van der Waals surface area contributed by atoms with Gasteiger partial charge in [-0.15, -0.1) is 5.10 Å². The summed E-state index contributed by atoms with van der Waals surface area (Å²) in [5.74, 6) is 1.69. The normalized spacial score (nSPS) is 16.9. The first-order valence-electron chi connectivity index (χ1n) is 7.25. The van der Waals surface area contributed by atoms with Gasteiger partial charge in [-0.05, 0) is 56.1 Å². The molecule has 0 unspecified atom stereocenters. The maximum Gasteiger partial charge on any atom is 0.199 e. The minimum absolute atomic E-state index is 0.390. The van der Waals surface area contributed by atoms with Gasteiger partial charge in [-0.3, -0.25) is 4.98 Å². The van der Waals surface area contributed by atoms with Crippen LogP contribution in [0.1, 0.15) is 26.7 Å². The minimum atomic E-state index is 0.390. The number of nitrogens with one attached hydrogen (secondary N) is 1. The largest absolute Gasteiger partial charge is 0.352 e. The van der Waals surface area contributed by atoms with Crippen LogP contribution in [0.4, 0.5) is 5.82 Å². The number of anilines is 1. The Morgan fingerprint density at radius 3 is 2.90 bits per heavy atom. The lowest BCUT2D eigenvalue weighted by Crippen LogP contribution is -2.40. The molecule has 20 heavy (non-hydrogen) atoms. The van der Waals surface area contributed by atoms with E-state index in [4.69, 9.17) is 0 Å². The number of rotatable bonds is 4. The van der Waals surface area contributed by atoms with Crippen molar-refractivity contribution in [2.75, 3.05) is 24.5 Å². The number of fused-ring (bicyclic) bond motifs is 1. The highest BCUT2D eigenvalue weighted by Crippen LogP contribution is 2.21. The predicted octanol–water partition coefficient (Wildman–Crippen LogP) is 0.734. The average molecular weight is 275 g/mol. The predicted molar refractivity (Wildman–Crippen MR) is 76.7 cm³/mol. The number of piperidine rings is 1. The molecule has 1 aliphatic heterocycles. The fourth-order valence-electron chi connectivity index (χ4n) is 2.77. The lowest BCUT2D eigenvalue weighted by Gasteiger charge is -2.33. The number of hydrogen-bond acceptors (Lipinski definition) is 6. The van der Waals surface area contributed by atoms with Gasteiger partial charge in [-0.25, -0.2) is 0 Å². The summed E-state index contributed by atoms with van der Waals surface area (Å²) in [4.78, 5) is 6.62. The van der Waals surface area contributed by atoms with Gasteiger partial charge in [0.15, 0.2) is 11.5 Å². The van der Waals surface area contributed by atoms with E-state index < -0.39 is 0 Å². The molecule has 1 saturated heterocycles. The third kappa shape index (κ3) is 2.58. The van der Waals surface area contributed by atoms with Gasteiger partial charge in [0, 0.05) is 12.6 Å². The average Bonchev–Trinajstić information content (AvgIpc) is 2.94. The van der Waals surface area contributed by atoms with Gasteiger partial charge in [-0.1, -0.05) is 0 Å². The summed E-state index contributed by atoms with van der Waals surface area (Å²) in [6, 6.07) is 0.390. The highest BCUT2D eigenvalue weighted by atomic mass is 15.5. The molecule has 0 radical (unpaired) electrons. The van der Waals surface area contributed by atoms with E-state index in [-0.39, 0.29) is 0 Å². The third-order valence-corrected chi connectivity index (χ3v) is 3.92. The fraction of sp³-hybridized carbons (Fsp3) is 0.692. The van der Waals surface area contributed by atoms with Crippen molar-refractivity contribution in [1.82, 2.24) is 30.3 Å². The lowest BCUT2D eigenvalue weighted by molar-refractivity contribution is 0.366. The highest BCUT2D eigenvalue weighted by molar-refractivity contribution is 5.46. The van der Waals surface area contributed by atoms with Gasteiger partial charge in [-0.2, -0.15) is 4.52 Å². The fourth-order valence-corrected chi connectivity index (χ4v) is 2.77. The Kier molecular flexibility index (Phi) is 3.77. The Balaban J connectivity index is 1.87. The van der Waals surface area contributed by atoms with E-state index in [0.29, 0.717) is 17.6 Å². The van der Waals surface area contributed by atoms with Crippen molar-refractivity contribution in [1.29, 1.82) is 0 Å². The van der Waals surface area contributed by atoms with E-state index in [9.17, 15) is 0 Å². The molecule has 0 spiro atoms. The third-order valence-electron chi connectivity index (χ3n) is 3.92. The molecule has 0 aliphatic carbocycles. The van der Waals surface area contributed by atoms with Crippen LogP contribution in [0.5, 0.6) is 0 Å². The Morgan fingerprint density at radius 1 is 1.35 bits per heavy atom. The second-order valence-electron chi connectivity index (χ2n) is 5.65. The van der Waals surface area contributed by atoms with Crippen molar-refractivity contribution < 1.29 is 0 Å². The van der Waals surface area contributed by atoms with Crippen molar-refractivity contribution in [3.8, 4) is 0 Å². The van der Waals surface area contributed by atoms with Gasteiger partial charge >= 0.3 is 0 Å². The maximum atomic E-state index is 4.26. The SMILES string of the molecule is CC(C)N(CC1CCNCC1)c1cncc2nnnn12. The first-order chi connectivity index (χ1) is 9.75. The Bertz CT molecular complexity index is 559. The lowest BCUT2D eigenvalue weighted by atomic mass is 9.97. The van der Waals surface area contributed by atoms with E-state index in [1.165, 1.54) is 12.8 Å². The Hall–Kier alpha value is -1.76. The highest BCUT2D eigenvalue weighted by Gasteiger charge is 2.21. The zero-order valence-corrected chi connectivity index (χ0v) is 12.0. The molecule has 1 aliphatic rings. The van der Waals surface area contributed by atoms with E-state index in [2.05, 4.69) is 44.6 Å². The van der Waals surface area contributed by atoms with E-state index in [1.54, 1.807) is 10.7 Å². The molecule has 7 heteroatoms. The minimum Gasteiger partial charge on any atom is -0.352 e. The quantitative estimate of drug-likeness (QED) is 0.887. The first kappa shape index (κ1) is 13.2. The molecule has 0 saturated carbocycles. The monoisotopic (exact) mass is 275 g/mol. The molecule has 108 valence electrons. The van der Waals surface area contributed by atoms with Crippen molar-refractivity contribution >= 4 is 11.5 Å². The van der Waals surface area contributed by atoms with Crippen LogP contribution in [0.2, 0.25) is 0 Å². The van der Waals surface area contributed by atoms with Crippen molar-refractivity contribution in [2.24, 2.45) is 5.92 Å². The van der Waals surface area contributed by atoms with Gasteiger partial charge in [0.25, 0.3) is 0 Å². The summed E-state index contributed by atoms with van der Waals surface area (Å²) >= 11 is 0. The molecule has 1 N–H and O–H groups in total. The standard InChI is InChI=1S/C13H21N7/c1-10(2)19(9-11-3-5-14-6-4-11)13-8-15-7-12-16-17-18-20(12)13/h7-8,10-11,14H,3-6,9H2,1-2H3. The molecule has 3 rings (SSSR count). The Morgan fingerprint density at radius 2 is 2.15 bits per heavy atom. The molecule has 2 aromatic rings. The van der Waals surface area contributed by atoms with Crippen molar-refractivity contribution in [3.05, 3.63) is 12.4 Å². The van der Waals surface area contributed by atoms with Gasteiger partial charge in [0.1, 0.15) is 0 Å². The van der Waals surface area contributed by atoms with E-state index >= 15 is 0 Å². The molecule has 7 nitrogen and oxygen atoms in total. The van der Waals surface area contributed by atoms with Crippen LogP contribution in [-0.2, 0) is 0 Å². The van der Waals surface area contributed by atoms with Crippen LogP contribution in [-0.4, -0.2) is 50.7 Å². The molecule has 2 aromatic heterocycles. The summed E-state index contributed by atoms with van der Waals surface area (Å²) in [6.45, 7) is 7.66. The number of tetrazole rings is 1. The van der Waals surface area contributed by atoms with Crippen LogP contribution in [0.3, 0.4) is 0 Å². The van der Waals surface area contributed by atoms with E-state index in [0.717, 1.165) is 25.5 Å². The van der Waals surface area contributed by atoms with Gasteiger partial charge in [0.2, 0.25) is 0 Å². The maximum absolute atomic E-state index is 4.26. The topological polar surface area (TPSA) is 71.2 Å². The molecular weight excluding hydrogens is 254 g/mol. The second-order valence-corrected chi connectivity index (χ2v) is 5.65. The zero-order chi connectivity index (χ0) is 13.9. The van der Waals surface area contributed by atoms with Gasteiger partial charge < -0.3 is 10.2 Å². The van der Waals surface area contributed by atoms with Crippen molar-refractivity contribution in [3.63, 3.8) is 0 Å². The van der Waals surface area contributed by atoms with Crippen LogP contribution in [0, 0.1) is 5.92 Å². The molecule has 0 atom stereocenters. The van der Waals surface area contributed by atoms with Gasteiger partial charge in [0.05, 0.1) is 12.4 Å². The number of aromatic nitrogens is 5. The molecule has 0 amide bonds. The molecule has 1 fully saturated rings. The summed E-state index contributed by atoms with van der Waals surface area (Å²) < 4.78 is 1.77. The van der Waals surface area contributed by atoms with Crippen LogP contribution < -0.4 is 10.2 Å². The summed E-state index contributed by atoms with van der Waals surface area (Å²) in [6.07, 6.45) is 5.99. The van der Waals surface area contributed by atoms with E-state index in [1.807, 2.05) is 6.20 Å². The van der Waals surface area contributed by atoms with Crippen molar-refractivity contribution in [2.45, 2.75) is 32.7 Å². The van der Waals surface area contributed by atoms with Crippen LogP contribution >= 0.6 is 0 Å². The first-order valence-corrected chi connectivity index (χ1v) is 7.25. The molecule has 0 bridgehead atoms. The summed E-state index contributed by atoms with van der Waals surface area (Å²) in [5, 5.41) is 15.2. The summed E-state index contributed by atoms with van der Waals surface area (Å²) in [5.41, 5.74) is 0.693. The number of nitrogens with zero attached hydrogens (tertiary/aromatic N) is 6. The zero-order valence-electron chi connectivity index (χ0n) is 12.0. The Labute approximate surface area is 118 Å². The molecule has 3 heterocycles. The smallest absolute Gasteiger partial charge is 0.199 e. The van der Waals surface area contributed by atoms with Crippen LogP contribution in [0.15, 0.2) is 12.4 Å². The van der Waals surface area contributed by atoms with Crippen LogP contribution in [0.25, 0.3) is 5.65 Å².